The summed E-state index contributed by atoms with van der Waals surface area (Å²) in [4.78, 5) is 0. The first-order valence-corrected chi connectivity index (χ1v) is 5.85. The highest BCUT2D eigenvalue weighted by Crippen LogP contribution is 2.24. The topological polar surface area (TPSA) is 45.0 Å². The number of rotatable bonds is 5. The number of ether oxygens (including phenoxy) is 1. The highest BCUT2D eigenvalue weighted by Gasteiger charge is 2.14. The van der Waals surface area contributed by atoms with Gasteiger partial charge in [-0.1, -0.05) is 17.7 Å². The van der Waals surface area contributed by atoms with Gasteiger partial charge in [0.1, 0.15) is 11.3 Å². The standard InChI is InChI=1S/C13H17ClN2O/c1-13(2,9-15)16-7-6-10-4-5-12(17-3)11(14)8-10/h4-5,8,16H,6-7H2,1-3H3. The van der Waals surface area contributed by atoms with Crippen LogP contribution in [0, 0.1) is 11.3 Å². The summed E-state index contributed by atoms with van der Waals surface area (Å²) in [6.45, 7) is 4.45. The maximum absolute atomic E-state index is 8.85. The number of nitrogens with one attached hydrogen (secondary N) is 1. The van der Waals surface area contributed by atoms with Crippen LogP contribution in [0.2, 0.25) is 5.02 Å². The molecule has 4 heteroatoms. The molecular formula is C13H17ClN2O. The van der Waals surface area contributed by atoms with Crippen LogP contribution in [0.1, 0.15) is 19.4 Å². The maximum Gasteiger partial charge on any atom is 0.137 e. The highest BCUT2D eigenvalue weighted by molar-refractivity contribution is 6.32. The lowest BCUT2D eigenvalue weighted by atomic mass is 10.1. The van der Waals surface area contributed by atoms with Crippen LogP contribution in [-0.2, 0) is 6.42 Å². The largest absolute Gasteiger partial charge is 0.495 e. The van der Waals surface area contributed by atoms with Crippen LogP contribution >= 0.6 is 11.6 Å². The SMILES string of the molecule is COc1ccc(CCNC(C)(C)C#N)cc1Cl. The Balaban J connectivity index is 2.54. The van der Waals surface area contributed by atoms with Crippen LogP contribution in [0.3, 0.4) is 0 Å². The molecule has 0 bridgehead atoms. The quantitative estimate of drug-likeness (QED) is 0.877. The Hall–Kier alpha value is -1.24. The molecule has 0 unspecified atom stereocenters. The second kappa shape index (κ2) is 5.90. The maximum atomic E-state index is 8.85. The summed E-state index contributed by atoms with van der Waals surface area (Å²) in [6.07, 6.45) is 0.828. The van der Waals surface area contributed by atoms with Crippen LogP contribution in [0.5, 0.6) is 5.75 Å². The molecule has 0 heterocycles. The van der Waals surface area contributed by atoms with Crippen LogP contribution in [0.4, 0.5) is 0 Å². The molecule has 3 nitrogen and oxygen atoms in total. The van der Waals surface area contributed by atoms with Gasteiger partial charge in [-0.3, -0.25) is 5.32 Å². The molecule has 0 radical (unpaired) electrons. The number of benzene rings is 1. The van der Waals surface area contributed by atoms with Crippen LogP contribution in [0.15, 0.2) is 18.2 Å². The van der Waals surface area contributed by atoms with Gasteiger partial charge in [0.2, 0.25) is 0 Å². The van der Waals surface area contributed by atoms with E-state index >= 15 is 0 Å². The van der Waals surface area contributed by atoms with E-state index in [1.807, 2.05) is 32.0 Å². The van der Waals surface area contributed by atoms with Gasteiger partial charge < -0.3 is 4.74 Å². The Bertz CT molecular complexity index is 424. The molecule has 1 N–H and O–H groups in total. The zero-order valence-electron chi connectivity index (χ0n) is 10.4. The molecule has 1 aromatic carbocycles. The van der Waals surface area contributed by atoms with Gasteiger partial charge in [-0.15, -0.1) is 0 Å². The second-order valence-electron chi connectivity index (χ2n) is 4.38. The predicted octanol–water partition coefficient (Wildman–Crippen LogP) is 2.78. The average molecular weight is 253 g/mol. The minimum absolute atomic E-state index is 0.490. The van der Waals surface area contributed by atoms with E-state index in [4.69, 9.17) is 21.6 Å². The van der Waals surface area contributed by atoms with Crippen molar-refractivity contribution in [2.75, 3.05) is 13.7 Å². The van der Waals surface area contributed by atoms with Crippen LogP contribution in [-0.4, -0.2) is 19.2 Å². The van der Waals surface area contributed by atoms with Crippen LogP contribution < -0.4 is 10.1 Å². The molecule has 17 heavy (non-hydrogen) atoms. The fourth-order valence-electron chi connectivity index (χ4n) is 1.42. The molecule has 0 atom stereocenters. The first-order valence-electron chi connectivity index (χ1n) is 5.47. The van der Waals surface area contributed by atoms with Crippen LogP contribution in [0.25, 0.3) is 0 Å². The van der Waals surface area contributed by atoms with Crippen molar-refractivity contribution in [1.82, 2.24) is 5.32 Å². The van der Waals surface area contributed by atoms with Crippen molar-refractivity contribution in [1.29, 1.82) is 5.26 Å². The van der Waals surface area contributed by atoms with Gasteiger partial charge in [0.25, 0.3) is 0 Å². The van der Waals surface area contributed by atoms with E-state index in [0.717, 1.165) is 18.5 Å². The number of methoxy groups -OCH3 is 1. The molecule has 1 aromatic rings. The van der Waals surface area contributed by atoms with Crippen molar-refractivity contribution in [2.45, 2.75) is 25.8 Å². The van der Waals surface area contributed by atoms with Crippen molar-refractivity contribution in [3.63, 3.8) is 0 Å². The third-order valence-electron chi connectivity index (χ3n) is 2.48. The molecule has 92 valence electrons. The average Bonchev–Trinajstić information content (AvgIpc) is 2.29. The first kappa shape index (κ1) is 13.8. The number of nitriles is 1. The molecule has 0 aliphatic carbocycles. The minimum Gasteiger partial charge on any atom is -0.495 e. The molecule has 0 saturated heterocycles. The molecule has 0 amide bonds. The Morgan fingerprint density at radius 1 is 1.47 bits per heavy atom. The lowest BCUT2D eigenvalue weighted by molar-refractivity contribution is 0.415. The molecule has 0 aliphatic heterocycles. The van der Waals surface area contributed by atoms with E-state index in [1.165, 1.54) is 0 Å². The third-order valence-corrected chi connectivity index (χ3v) is 2.77. The molecule has 0 fully saturated rings. The normalized spacial score (nSPS) is 11.0. The number of hydrogen-bond donors (Lipinski definition) is 1. The Labute approximate surface area is 107 Å². The van der Waals surface area contributed by atoms with E-state index in [0.29, 0.717) is 10.8 Å². The molecule has 0 aromatic heterocycles. The molecular weight excluding hydrogens is 236 g/mol. The number of halogens is 1. The van der Waals surface area contributed by atoms with E-state index in [-0.39, 0.29) is 0 Å². The van der Waals surface area contributed by atoms with Gasteiger partial charge in [0.05, 0.1) is 18.2 Å². The zero-order chi connectivity index (χ0) is 12.9. The summed E-state index contributed by atoms with van der Waals surface area (Å²) in [5.41, 5.74) is 0.632. The minimum atomic E-state index is -0.490. The van der Waals surface area contributed by atoms with Gasteiger partial charge in [-0.05, 0) is 38.0 Å². The van der Waals surface area contributed by atoms with E-state index < -0.39 is 5.54 Å². The van der Waals surface area contributed by atoms with Gasteiger partial charge in [0, 0.05) is 6.54 Å². The Morgan fingerprint density at radius 3 is 2.71 bits per heavy atom. The van der Waals surface area contributed by atoms with Crippen molar-refractivity contribution in [2.24, 2.45) is 0 Å². The highest BCUT2D eigenvalue weighted by atomic mass is 35.5. The summed E-state index contributed by atoms with van der Waals surface area (Å²) in [5.74, 6) is 0.681. The van der Waals surface area contributed by atoms with Gasteiger partial charge in [-0.2, -0.15) is 5.26 Å². The summed E-state index contributed by atoms with van der Waals surface area (Å²) >= 11 is 6.03. The number of nitrogens with zero attached hydrogens (tertiary/aromatic N) is 1. The molecule has 0 saturated carbocycles. The summed E-state index contributed by atoms with van der Waals surface area (Å²) in [7, 11) is 1.60. The predicted molar refractivity (Wildman–Crippen MR) is 69.4 cm³/mol. The Morgan fingerprint density at radius 2 is 2.18 bits per heavy atom. The molecule has 0 aliphatic rings. The van der Waals surface area contributed by atoms with Crippen molar-refractivity contribution < 1.29 is 4.74 Å². The van der Waals surface area contributed by atoms with E-state index in [1.54, 1.807) is 7.11 Å². The smallest absolute Gasteiger partial charge is 0.137 e. The summed E-state index contributed by atoms with van der Waals surface area (Å²) in [6, 6.07) is 7.92. The van der Waals surface area contributed by atoms with Crippen molar-refractivity contribution >= 4 is 11.6 Å². The second-order valence-corrected chi connectivity index (χ2v) is 4.79. The molecule has 1 rings (SSSR count). The fourth-order valence-corrected chi connectivity index (χ4v) is 1.70. The van der Waals surface area contributed by atoms with E-state index in [9.17, 15) is 0 Å². The van der Waals surface area contributed by atoms with Gasteiger partial charge in [-0.25, -0.2) is 0 Å². The Kier molecular flexibility index (Phi) is 4.80. The number of hydrogen-bond acceptors (Lipinski definition) is 3. The third kappa shape index (κ3) is 4.26. The lowest BCUT2D eigenvalue weighted by Crippen LogP contribution is -2.38. The first-order chi connectivity index (χ1) is 7.98. The monoisotopic (exact) mass is 252 g/mol. The lowest BCUT2D eigenvalue weighted by Gasteiger charge is -2.17. The summed E-state index contributed by atoms with van der Waals surface area (Å²) < 4.78 is 5.09. The van der Waals surface area contributed by atoms with E-state index in [2.05, 4.69) is 11.4 Å². The fraction of sp³-hybridized carbons (Fsp3) is 0.462. The van der Waals surface area contributed by atoms with Crippen molar-refractivity contribution in [3.05, 3.63) is 28.8 Å². The zero-order valence-corrected chi connectivity index (χ0v) is 11.1. The van der Waals surface area contributed by atoms with Gasteiger partial charge in [0.15, 0.2) is 0 Å². The van der Waals surface area contributed by atoms with Crippen molar-refractivity contribution in [3.8, 4) is 11.8 Å². The molecule has 0 spiro atoms. The summed E-state index contributed by atoms with van der Waals surface area (Å²) in [5, 5.41) is 12.6. The van der Waals surface area contributed by atoms with Gasteiger partial charge >= 0.3 is 0 Å².